The van der Waals surface area contributed by atoms with Crippen molar-refractivity contribution < 1.29 is 5.11 Å². The second-order valence-corrected chi connectivity index (χ2v) is 5.15. The maximum atomic E-state index is 9.38. The molecule has 0 aliphatic heterocycles. The predicted molar refractivity (Wildman–Crippen MR) is 80.5 cm³/mol. The van der Waals surface area contributed by atoms with Crippen LogP contribution in [0.2, 0.25) is 0 Å². The van der Waals surface area contributed by atoms with Crippen molar-refractivity contribution in [2.45, 2.75) is 45.8 Å². The standard InChI is InChI=1S/C15H27N3O/c1-5-9-16-13(3)14-7-6-10-17-15(14)18(4)11-8-12(2)19/h6-7,10,12-13,16,19H,5,8-9,11H2,1-4H3. The molecule has 0 aliphatic rings. The molecule has 2 atom stereocenters. The van der Waals surface area contributed by atoms with E-state index in [-0.39, 0.29) is 12.1 Å². The first-order chi connectivity index (χ1) is 9.06. The van der Waals surface area contributed by atoms with Crippen LogP contribution in [0, 0.1) is 0 Å². The van der Waals surface area contributed by atoms with Crippen molar-refractivity contribution >= 4 is 5.82 Å². The van der Waals surface area contributed by atoms with Gasteiger partial charge >= 0.3 is 0 Å². The molecule has 0 saturated heterocycles. The van der Waals surface area contributed by atoms with Crippen LogP contribution in [0.25, 0.3) is 0 Å². The Morgan fingerprint density at radius 2 is 2.16 bits per heavy atom. The van der Waals surface area contributed by atoms with Crippen LogP contribution in [-0.2, 0) is 0 Å². The molecule has 0 amide bonds. The summed E-state index contributed by atoms with van der Waals surface area (Å²) in [4.78, 5) is 6.61. The first-order valence-electron chi connectivity index (χ1n) is 7.13. The number of aromatic nitrogens is 1. The molecule has 0 aromatic carbocycles. The van der Waals surface area contributed by atoms with Crippen LogP contribution in [0.3, 0.4) is 0 Å². The normalized spacial score (nSPS) is 14.2. The van der Waals surface area contributed by atoms with Crippen molar-refractivity contribution in [3.05, 3.63) is 23.9 Å². The molecule has 1 rings (SSSR count). The topological polar surface area (TPSA) is 48.4 Å². The van der Waals surface area contributed by atoms with Crippen LogP contribution in [0.1, 0.15) is 45.2 Å². The van der Waals surface area contributed by atoms with Gasteiger partial charge in [0.15, 0.2) is 0 Å². The van der Waals surface area contributed by atoms with E-state index in [9.17, 15) is 5.11 Å². The molecule has 2 unspecified atom stereocenters. The minimum absolute atomic E-state index is 0.273. The highest BCUT2D eigenvalue weighted by Gasteiger charge is 2.14. The summed E-state index contributed by atoms with van der Waals surface area (Å²) < 4.78 is 0. The summed E-state index contributed by atoms with van der Waals surface area (Å²) in [5.74, 6) is 0.999. The number of anilines is 1. The minimum Gasteiger partial charge on any atom is -0.393 e. The first kappa shape index (κ1) is 15.9. The van der Waals surface area contributed by atoms with E-state index in [2.05, 4.69) is 35.1 Å². The molecule has 0 spiro atoms. The SMILES string of the molecule is CCCNC(C)c1cccnc1N(C)CCC(C)O. The fourth-order valence-corrected chi connectivity index (χ4v) is 2.02. The number of hydrogen-bond donors (Lipinski definition) is 2. The van der Waals surface area contributed by atoms with Crippen molar-refractivity contribution in [1.82, 2.24) is 10.3 Å². The van der Waals surface area contributed by atoms with Crippen LogP contribution in [0.5, 0.6) is 0 Å². The van der Waals surface area contributed by atoms with E-state index in [1.807, 2.05) is 26.2 Å². The Morgan fingerprint density at radius 3 is 2.79 bits per heavy atom. The summed E-state index contributed by atoms with van der Waals surface area (Å²) in [6.45, 7) is 7.96. The van der Waals surface area contributed by atoms with Crippen molar-refractivity contribution in [3.63, 3.8) is 0 Å². The molecule has 1 heterocycles. The van der Waals surface area contributed by atoms with Crippen LogP contribution >= 0.6 is 0 Å². The molecule has 4 heteroatoms. The third-order valence-electron chi connectivity index (χ3n) is 3.23. The van der Waals surface area contributed by atoms with Crippen molar-refractivity contribution in [2.75, 3.05) is 25.0 Å². The summed E-state index contributed by atoms with van der Waals surface area (Å²) in [7, 11) is 2.03. The van der Waals surface area contributed by atoms with Crippen LogP contribution < -0.4 is 10.2 Å². The highest BCUT2D eigenvalue weighted by atomic mass is 16.3. The number of pyridine rings is 1. The molecule has 0 radical (unpaired) electrons. The van der Waals surface area contributed by atoms with E-state index in [0.717, 1.165) is 31.7 Å². The van der Waals surface area contributed by atoms with E-state index in [4.69, 9.17) is 0 Å². The van der Waals surface area contributed by atoms with Gasteiger partial charge in [0.1, 0.15) is 5.82 Å². The second kappa shape index (κ2) is 8.12. The fourth-order valence-electron chi connectivity index (χ4n) is 2.02. The molecular formula is C15H27N3O. The van der Waals surface area contributed by atoms with Gasteiger partial charge in [-0.1, -0.05) is 13.0 Å². The molecule has 0 saturated carbocycles. The lowest BCUT2D eigenvalue weighted by atomic mass is 10.1. The van der Waals surface area contributed by atoms with Gasteiger partial charge in [-0.25, -0.2) is 4.98 Å². The Balaban J connectivity index is 2.76. The lowest BCUT2D eigenvalue weighted by Crippen LogP contribution is -2.27. The van der Waals surface area contributed by atoms with Gasteiger partial charge in [-0.05, 0) is 39.3 Å². The van der Waals surface area contributed by atoms with E-state index in [1.54, 1.807) is 0 Å². The maximum Gasteiger partial charge on any atom is 0.133 e. The van der Waals surface area contributed by atoms with Crippen molar-refractivity contribution in [3.8, 4) is 0 Å². The number of rotatable bonds is 8. The fraction of sp³-hybridized carbons (Fsp3) is 0.667. The third kappa shape index (κ3) is 5.17. The molecule has 0 aliphatic carbocycles. The van der Waals surface area contributed by atoms with Gasteiger partial charge in [0.25, 0.3) is 0 Å². The predicted octanol–water partition coefficient (Wildman–Crippen LogP) is 2.35. The largest absolute Gasteiger partial charge is 0.393 e. The summed E-state index contributed by atoms with van der Waals surface area (Å²) >= 11 is 0. The number of nitrogens with zero attached hydrogens (tertiary/aromatic N) is 2. The van der Waals surface area contributed by atoms with Crippen molar-refractivity contribution in [1.29, 1.82) is 0 Å². The summed E-state index contributed by atoms with van der Waals surface area (Å²) in [5, 5.41) is 12.9. The number of nitrogens with one attached hydrogen (secondary N) is 1. The maximum absolute atomic E-state index is 9.38. The summed E-state index contributed by atoms with van der Waals surface area (Å²) in [6, 6.07) is 4.39. The molecule has 1 aromatic heterocycles. The zero-order valence-electron chi connectivity index (χ0n) is 12.6. The molecule has 4 nitrogen and oxygen atoms in total. The molecule has 2 N–H and O–H groups in total. The summed E-state index contributed by atoms with van der Waals surface area (Å²) in [5.41, 5.74) is 1.21. The molecule has 1 aromatic rings. The number of aliphatic hydroxyl groups excluding tert-OH is 1. The highest BCUT2D eigenvalue weighted by Crippen LogP contribution is 2.23. The molecule has 19 heavy (non-hydrogen) atoms. The molecule has 0 bridgehead atoms. The zero-order chi connectivity index (χ0) is 14.3. The van der Waals surface area contributed by atoms with Crippen LogP contribution in [-0.4, -0.2) is 36.3 Å². The Morgan fingerprint density at radius 1 is 1.42 bits per heavy atom. The Labute approximate surface area is 116 Å². The van der Waals surface area contributed by atoms with Crippen LogP contribution in [0.15, 0.2) is 18.3 Å². The van der Waals surface area contributed by atoms with E-state index in [1.165, 1.54) is 5.56 Å². The Kier molecular flexibility index (Phi) is 6.81. The number of aliphatic hydroxyl groups is 1. The average molecular weight is 265 g/mol. The highest BCUT2D eigenvalue weighted by molar-refractivity contribution is 5.47. The zero-order valence-corrected chi connectivity index (χ0v) is 12.6. The Bertz CT molecular complexity index is 368. The smallest absolute Gasteiger partial charge is 0.133 e. The van der Waals surface area contributed by atoms with Crippen molar-refractivity contribution in [2.24, 2.45) is 0 Å². The molecule has 0 fully saturated rings. The van der Waals surface area contributed by atoms with Gasteiger partial charge < -0.3 is 15.3 Å². The van der Waals surface area contributed by atoms with Gasteiger partial charge in [0, 0.05) is 31.4 Å². The van der Waals surface area contributed by atoms with Gasteiger partial charge in [-0.2, -0.15) is 0 Å². The molecular weight excluding hydrogens is 238 g/mol. The quantitative estimate of drug-likeness (QED) is 0.757. The molecule has 108 valence electrons. The summed E-state index contributed by atoms with van der Waals surface area (Å²) in [6.07, 6.45) is 3.43. The lowest BCUT2D eigenvalue weighted by Gasteiger charge is -2.24. The minimum atomic E-state index is -0.273. The van der Waals surface area contributed by atoms with E-state index in [0.29, 0.717) is 0 Å². The monoisotopic (exact) mass is 265 g/mol. The van der Waals surface area contributed by atoms with E-state index >= 15 is 0 Å². The van der Waals surface area contributed by atoms with Gasteiger partial charge in [-0.3, -0.25) is 0 Å². The van der Waals surface area contributed by atoms with Crippen LogP contribution in [0.4, 0.5) is 5.82 Å². The number of hydrogen-bond acceptors (Lipinski definition) is 4. The van der Waals surface area contributed by atoms with E-state index < -0.39 is 0 Å². The van der Waals surface area contributed by atoms with Gasteiger partial charge in [-0.15, -0.1) is 0 Å². The first-order valence-corrected chi connectivity index (χ1v) is 7.13. The lowest BCUT2D eigenvalue weighted by molar-refractivity contribution is 0.187. The second-order valence-electron chi connectivity index (χ2n) is 5.15. The average Bonchev–Trinajstić information content (AvgIpc) is 2.42. The Hall–Kier alpha value is -1.13. The third-order valence-corrected chi connectivity index (χ3v) is 3.23. The van der Waals surface area contributed by atoms with Gasteiger partial charge in [0.05, 0.1) is 6.10 Å². The van der Waals surface area contributed by atoms with Gasteiger partial charge in [0.2, 0.25) is 0 Å².